The second kappa shape index (κ2) is 6.27. The largest absolute Gasteiger partial charge is 0.0914 e. The smallest absolute Gasteiger partial charge is 0.0262 e. The highest BCUT2D eigenvalue weighted by Gasteiger charge is 2.17. The molecule has 0 spiro atoms. The maximum atomic E-state index is 2.40. The van der Waals surface area contributed by atoms with Crippen molar-refractivity contribution in [3.63, 3.8) is 0 Å². The minimum absolute atomic E-state index is 0.791. The van der Waals surface area contributed by atoms with Gasteiger partial charge in [0.25, 0.3) is 0 Å². The summed E-state index contributed by atoms with van der Waals surface area (Å²) in [6.07, 6.45) is 13.3. The van der Waals surface area contributed by atoms with E-state index in [2.05, 4.69) is 32.9 Å². The number of hydrogen-bond acceptors (Lipinski definition) is 0. The van der Waals surface area contributed by atoms with Crippen LogP contribution in [0.4, 0.5) is 0 Å². The predicted molar refractivity (Wildman–Crippen MR) is 64.3 cm³/mol. The van der Waals surface area contributed by atoms with Crippen molar-refractivity contribution in [2.75, 3.05) is 0 Å². The highest BCUT2D eigenvalue weighted by molar-refractivity contribution is 4.83. The molecular formula is C14H26. The maximum absolute atomic E-state index is 2.40. The molecule has 0 heteroatoms. The van der Waals surface area contributed by atoms with Gasteiger partial charge in [-0.1, -0.05) is 51.7 Å². The average molecular weight is 194 g/mol. The van der Waals surface area contributed by atoms with Gasteiger partial charge in [0.1, 0.15) is 0 Å². The molecule has 0 radical (unpaired) electrons. The number of allylic oxidation sites excluding steroid dienone is 2. The third kappa shape index (κ3) is 4.30. The monoisotopic (exact) mass is 194 g/mol. The Morgan fingerprint density at radius 2 is 1.86 bits per heavy atom. The lowest BCUT2D eigenvalue weighted by atomic mass is 9.80. The zero-order valence-electron chi connectivity index (χ0n) is 10.1. The molecule has 82 valence electrons. The van der Waals surface area contributed by atoms with Crippen molar-refractivity contribution in [1.29, 1.82) is 0 Å². The van der Waals surface area contributed by atoms with Crippen molar-refractivity contribution in [2.24, 2.45) is 17.8 Å². The first-order valence-corrected chi connectivity index (χ1v) is 6.35. The van der Waals surface area contributed by atoms with Crippen LogP contribution in [0.1, 0.15) is 59.3 Å². The normalized spacial score (nSPS) is 30.8. The molecule has 0 aromatic rings. The fourth-order valence-electron chi connectivity index (χ4n) is 2.54. The van der Waals surface area contributed by atoms with E-state index in [1.165, 1.54) is 38.5 Å². The van der Waals surface area contributed by atoms with Crippen LogP contribution in [0, 0.1) is 17.8 Å². The molecule has 0 bridgehead atoms. The van der Waals surface area contributed by atoms with Gasteiger partial charge in [-0.2, -0.15) is 0 Å². The Kier molecular flexibility index (Phi) is 5.29. The summed E-state index contributed by atoms with van der Waals surface area (Å²) in [4.78, 5) is 0. The summed E-state index contributed by atoms with van der Waals surface area (Å²) >= 11 is 0. The number of rotatable bonds is 4. The third-order valence-electron chi connectivity index (χ3n) is 3.69. The fraction of sp³-hybridized carbons (Fsp3) is 0.857. The zero-order valence-corrected chi connectivity index (χ0v) is 10.1. The Labute approximate surface area is 89.8 Å². The second-order valence-electron chi connectivity index (χ2n) is 5.21. The van der Waals surface area contributed by atoms with Crippen LogP contribution in [-0.4, -0.2) is 0 Å². The molecule has 0 saturated heterocycles. The maximum Gasteiger partial charge on any atom is -0.0262 e. The first kappa shape index (κ1) is 11.8. The molecule has 14 heavy (non-hydrogen) atoms. The molecule has 0 nitrogen and oxygen atoms in total. The Balaban J connectivity index is 2.12. The topological polar surface area (TPSA) is 0 Å². The van der Waals surface area contributed by atoms with Gasteiger partial charge in [-0.3, -0.25) is 0 Å². The summed E-state index contributed by atoms with van der Waals surface area (Å²) in [5.41, 5.74) is 0. The van der Waals surface area contributed by atoms with Crippen molar-refractivity contribution < 1.29 is 0 Å². The summed E-state index contributed by atoms with van der Waals surface area (Å²) in [5.74, 6) is 2.83. The SMILES string of the molecule is C/C=C\C(C)CCC1CCC(C)CC1. The van der Waals surface area contributed by atoms with E-state index in [0.717, 1.165) is 17.8 Å². The molecule has 0 aliphatic heterocycles. The van der Waals surface area contributed by atoms with Crippen LogP contribution in [0.2, 0.25) is 0 Å². The highest BCUT2D eigenvalue weighted by atomic mass is 14.2. The van der Waals surface area contributed by atoms with E-state index in [9.17, 15) is 0 Å². The van der Waals surface area contributed by atoms with E-state index in [-0.39, 0.29) is 0 Å². The number of hydrogen-bond donors (Lipinski definition) is 0. The van der Waals surface area contributed by atoms with Gasteiger partial charge < -0.3 is 0 Å². The van der Waals surface area contributed by atoms with Crippen LogP contribution >= 0.6 is 0 Å². The molecule has 1 atom stereocenters. The zero-order chi connectivity index (χ0) is 10.4. The first-order valence-electron chi connectivity index (χ1n) is 6.35. The molecular weight excluding hydrogens is 168 g/mol. The molecule has 1 saturated carbocycles. The highest BCUT2D eigenvalue weighted by Crippen LogP contribution is 2.31. The second-order valence-corrected chi connectivity index (χ2v) is 5.21. The van der Waals surface area contributed by atoms with Gasteiger partial charge in [0.15, 0.2) is 0 Å². The molecule has 0 aromatic carbocycles. The van der Waals surface area contributed by atoms with Gasteiger partial charge in [-0.05, 0) is 37.5 Å². The summed E-state index contributed by atoms with van der Waals surface area (Å²) in [6, 6.07) is 0. The fourth-order valence-corrected chi connectivity index (χ4v) is 2.54. The first-order chi connectivity index (χ1) is 6.72. The van der Waals surface area contributed by atoms with Crippen LogP contribution in [0.25, 0.3) is 0 Å². The molecule has 1 aliphatic rings. The predicted octanol–water partition coefficient (Wildman–Crippen LogP) is 4.81. The van der Waals surface area contributed by atoms with Gasteiger partial charge in [-0.15, -0.1) is 0 Å². The lowest BCUT2D eigenvalue weighted by molar-refractivity contribution is 0.268. The van der Waals surface area contributed by atoms with Gasteiger partial charge in [0.05, 0.1) is 0 Å². The van der Waals surface area contributed by atoms with E-state index in [1.807, 2.05) is 0 Å². The Morgan fingerprint density at radius 1 is 1.21 bits per heavy atom. The lowest BCUT2D eigenvalue weighted by Crippen LogP contribution is -2.12. The van der Waals surface area contributed by atoms with Crippen LogP contribution in [-0.2, 0) is 0 Å². The van der Waals surface area contributed by atoms with Crippen molar-refractivity contribution in [3.05, 3.63) is 12.2 Å². The van der Waals surface area contributed by atoms with Gasteiger partial charge in [0.2, 0.25) is 0 Å². The van der Waals surface area contributed by atoms with E-state index < -0.39 is 0 Å². The summed E-state index contributed by atoms with van der Waals surface area (Å²) in [6.45, 7) is 6.86. The van der Waals surface area contributed by atoms with Crippen LogP contribution < -0.4 is 0 Å². The molecule has 1 aliphatic carbocycles. The van der Waals surface area contributed by atoms with E-state index in [4.69, 9.17) is 0 Å². The minimum atomic E-state index is 0.791. The van der Waals surface area contributed by atoms with E-state index in [0.29, 0.717) is 0 Å². The molecule has 0 amide bonds. The third-order valence-corrected chi connectivity index (χ3v) is 3.69. The van der Waals surface area contributed by atoms with Crippen molar-refractivity contribution in [2.45, 2.75) is 59.3 Å². The van der Waals surface area contributed by atoms with Gasteiger partial charge in [-0.25, -0.2) is 0 Å². The van der Waals surface area contributed by atoms with Crippen LogP contribution in [0.15, 0.2) is 12.2 Å². The lowest BCUT2D eigenvalue weighted by Gasteiger charge is -2.26. The Bertz CT molecular complexity index is 161. The molecule has 1 fully saturated rings. The van der Waals surface area contributed by atoms with E-state index >= 15 is 0 Å². The standard InChI is InChI=1S/C14H26/c1-4-5-12(2)6-9-14-10-7-13(3)8-11-14/h4-5,12-14H,6-11H2,1-3H3/b5-4-. The summed E-state index contributed by atoms with van der Waals surface area (Å²) in [5, 5.41) is 0. The molecule has 0 N–H and O–H groups in total. The average Bonchev–Trinajstić information content (AvgIpc) is 2.17. The van der Waals surface area contributed by atoms with Gasteiger partial charge >= 0.3 is 0 Å². The summed E-state index contributed by atoms with van der Waals surface area (Å²) < 4.78 is 0. The van der Waals surface area contributed by atoms with Crippen molar-refractivity contribution in [3.8, 4) is 0 Å². The molecule has 0 heterocycles. The quantitative estimate of drug-likeness (QED) is 0.564. The van der Waals surface area contributed by atoms with Crippen LogP contribution in [0.5, 0.6) is 0 Å². The molecule has 1 unspecified atom stereocenters. The summed E-state index contributed by atoms with van der Waals surface area (Å²) in [7, 11) is 0. The minimum Gasteiger partial charge on any atom is -0.0914 e. The van der Waals surface area contributed by atoms with Crippen LogP contribution in [0.3, 0.4) is 0 Å². The molecule has 1 rings (SSSR count). The Hall–Kier alpha value is -0.260. The van der Waals surface area contributed by atoms with Crippen molar-refractivity contribution >= 4 is 0 Å². The Morgan fingerprint density at radius 3 is 2.43 bits per heavy atom. The van der Waals surface area contributed by atoms with Gasteiger partial charge in [0, 0.05) is 0 Å². The van der Waals surface area contributed by atoms with Crippen molar-refractivity contribution in [1.82, 2.24) is 0 Å². The molecule has 0 aromatic heterocycles. The van der Waals surface area contributed by atoms with E-state index in [1.54, 1.807) is 0 Å².